The first-order valence-corrected chi connectivity index (χ1v) is 7.15. The molecule has 2 heteroatoms. The number of hydrogen-bond acceptors (Lipinski definition) is 2. The minimum atomic E-state index is 0.884. The second-order valence-corrected chi connectivity index (χ2v) is 4.75. The predicted molar refractivity (Wildman–Crippen MR) is 83.0 cm³/mol. The van der Waals surface area contributed by atoms with Gasteiger partial charge in [0, 0.05) is 5.69 Å². The molecule has 0 saturated heterocycles. The van der Waals surface area contributed by atoms with Crippen LogP contribution in [0.4, 0.5) is 5.69 Å². The summed E-state index contributed by atoms with van der Waals surface area (Å²) < 4.78 is 0. The van der Waals surface area contributed by atoms with Gasteiger partial charge >= 0.3 is 0 Å². The van der Waals surface area contributed by atoms with Gasteiger partial charge in [-0.1, -0.05) is 38.8 Å². The van der Waals surface area contributed by atoms with Crippen molar-refractivity contribution in [2.24, 2.45) is 0 Å². The molecule has 0 bridgehead atoms. The zero-order valence-corrected chi connectivity index (χ0v) is 12.6. The maximum atomic E-state index is 5.62. The molecule has 0 saturated carbocycles. The van der Waals surface area contributed by atoms with Crippen LogP contribution in [0.2, 0.25) is 0 Å². The number of nitrogens with one attached hydrogen (secondary N) is 1. The highest BCUT2D eigenvalue weighted by Crippen LogP contribution is 2.13. The zero-order valence-electron chi connectivity index (χ0n) is 12.6. The number of nitrogen functional groups attached to an aromatic ring is 1. The molecule has 0 heterocycles. The fourth-order valence-electron chi connectivity index (χ4n) is 1.50. The summed E-state index contributed by atoms with van der Waals surface area (Å²) >= 11 is 0. The quantitative estimate of drug-likeness (QED) is 0.590. The van der Waals surface area contributed by atoms with E-state index in [9.17, 15) is 0 Å². The lowest BCUT2D eigenvalue weighted by molar-refractivity contribution is 0.611. The molecule has 1 aromatic rings. The highest BCUT2D eigenvalue weighted by molar-refractivity contribution is 5.49. The van der Waals surface area contributed by atoms with Gasteiger partial charge in [0.15, 0.2) is 0 Å². The lowest BCUT2D eigenvalue weighted by atomic mass is 10.1. The van der Waals surface area contributed by atoms with Gasteiger partial charge in [0.1, 0.15) is 0 Å². The summed E-state index contributed by atoms with van der Waals surface area (Å²) in [6.45, 7) is 11.0. The highest BCUT2D eigenvalue weighted by atomic mass is 14.8. The molecule has 0 aromatic heterocycles. The fraction of sp³-hybridized carbons (Fsp3) is 0.625. The molecule has 0 amide bonds. The highest BCUT2D eigenvalue weighted by Gasteiger charge is 1.92. The molecular formula is C16H30N2. The molecule has 18 heavy (non-hydrogen) atoms. The van der Waals surface area contributed by atoms with Crippen molar-refractivity contribution in [3.05, 3.63) is 29.3 Å². The van der Waals surface area contributed by atoms with E-state index in [-0.39, 0.29) is 0 Å². The Bertz CT molecular complexity index is 282. The molecule has 1 aromatic carbocycles. The molecule has 0 radical (unpaired) electrons. The zero-order chi connectivity index (χ0) is 13.8. The Balaban J connectivity index is 0.000000321. The SMILES string of the molecule is CCCCNCCCC.Cc1cccc(N)c1C. The Morgan fingerprint density at radius 2 is 1.56 bits per heavy atom. The number of hydrogen-bond donors (Lipinski definition) is 2. The van der Waals surface area contributed by atoms with Crippen LogP contribution in [0.5, 0.6) is 0 Å². The van der Waals surface area contributed by atoms with Crippen molar-refractivity contribution in [1.29, 1.82) is 0 Å². The van der Waals surface area contributed by atoms with Gasteiger partial charge < -0.3 is 11.1 Å². The van der Waals surface area contributed by atoms with Gasteiger partial charge in [-0.15, -0.1) is 0 Å². The summed E-state index contributed by atoms with van der Waals surface area (Å²) in [5.74, 6) is 0. The summed E-state index contributed by atoms with van der Waals surface area (Å²) in [5.41, 5.74) is 8.96. The average Bonchev–Trinajstić information content (AvgIpc) is 2.37. The predicted octanol–water partition coefficient (Wildman–Crippen LogP) is 4.06. The third-order valence-corrected chi connectivity index (χ3v) is 3.06. The van der Waals surface area contributed by atoms with Gasteiger partial charge in [-0.3, -0.25) is 0 Å². The molecule has 0 aliphatic heterocycles. The summed E-state index contributed by atoms with van der Waals surface area (Å²) in [4.78, 5) is 0. The van der Waals surface area contributed by atoms with E-state index in [1.54, 1.807) is 0 Å². The molecule has 1 rings (SSSR count). The van der Waals surface area contributed by atoms with E-state index >= 15 is 0 Å². The van der Waals surface area contributed by atoms with Gasteiger partial charge in [-0.25, -0.2) is 0 Å². The molecule has 0 atom stereocenters. The smallest absolute Gasteiger partial charge is 0.0346 e. The van der Waals surface area contributed by atoms with Crippen LogP contribution < -0.4 is 11.1 Å². The van der Waals surface area contributed by atoms with Crippen LogP contribution in [0.3, 0.4) is 0 Å². The number of rotatable bonds is 6. The van der Waals surface area contributed by atoms with Crippen molar-refractivity contribution in [2.75, 3.05) is 18.8 Å². The van der Waals surface area contributed by atoms with Crippen LogP contribution in [-0.2, 0) is 0 Å². The standard InChI is InChI=1S/C8H11N.C8H19N/c1-6-4-3-5-8(9)7(6)2;1-3-5-7-9-8-6-4-2/h3-5H,9H2,1-2H3;9H,3-8H2,1-2H3. The van der Waals surface area contributed by atoms with Gasteiger partial charge in [-0.2, -0.15) is 0 Å². The number of anilines is 1. The Morgan fingerprint density at radius 1 is 1.00 bits per heavy atom. The maximum absolute atomic E-state index is 5.62. The van der Waals surface area contributed by atoms with Crippen LogP contribution in [0, 0.1) is 13.8 Å². The van der Waals surface area contributed by atoms with E-state index in [1.807, 2.05) is 19.1 Å². The van der Waals surface area contributed by atoms with Crippen molar-refractivity contribution in [3.8, 4) is 0 Å². The summed E-state index contributed by atoms with van der Waals surface area (Å²) in [6.07, 6.45) is 5.26. The molecule has 0 aliphatic rings. The first kappa shape index (κ1) is 17.0. The van der Waals surface area contributed by atoms with E-state index in [4.69, 9.17) is 5.73 Å². The van der Waals surface area contributed by atoms with Crippen molar-refractivity contribution >= 4 is 5.69 Å². The number of benzene rings is 1. The molecule has 0 spiro atoms. The lowest BCUT2D eigenvalue weighted by Crippen LogP contribution is -2.15. The lowest BCUT2D eigenvalue weighted by Gasteiger charge is -2.00. The van der Waals surface area contributed by atoms with Crippen molar-refractivity contribution in [2.45, 2.75) is 53.4 Å². The molecule has 2 nitrogen and oxygen atoms in total. The van der Waals surface area contributed by atoms with E-state index in [2.05, 4.69) is 32.2 Å². The van der Waals surface area contributed by atoms with Gasteiger partial charge in [0.25, 0.3) is 0 Å². The number of nitrogens with two attached hydrogens (primary N) is 1. The second kappa shape index (κ2) is 11.1. The van der Waals surface area contributed by atoms with Crippen LogP contribution in [0.25, 0.3) is 0 Å². The van der Waals surface area contributed by atoms with Crippen LogP contribution in [0.15, 0.2) is 18.2 Å². The number of aryl methyl sites for hydroxylation is 1. The molecule has 0 unspecified atom stereocenters. The second-order valence-electron chi connectivity index (χ2n) is 4.75. The minimum Gasteiger partial charge on any atom is -0.399 e. The normalized spacial score (nSPS) is 9.78. The Hall–Kier alpha value is -1.02. The minimum absolute atomic E-state index is 0.884. The van der Waals surface area contributed by atoms with Gasteiger partial charge in [0.05, 0.1) is 0 Å². The first-order chi connectivity index (χ1) is 8.63. The third-order valence-electron chi connectivity index (χ3n) is 3.06. The monoisotopic (exact) mass is 250 g/mol. The van der Waals surface area contributed by atoms with E-state index in [1.165, 1.54) is 49.9 Å². The Kier molecular flexibility index (Phi) is 10.5. The molecule has 0 aliphatic carbocycles. The third kappa shape index (κ3) is 8.13. The van der Waals surface area contributed by atoms with Crippen molar-refractivity contribution in [3.63, 3.8) is 0 Å². The summed E-state index contributed by atoms with van der Waals surface area (Å²) in [6, 6.07) is 5.95. The fourth-order valence-corrected chi connectivity index (χ4v) is 1.50. The Morgan fingerprint density at radius 3 is 1.94 bits per heavy atom. The van der Waals surface area contributed by atoms with Gasteiger partial charge in [0.2, 0.25) is 0 Å². The molecule has 104 valence electrons. The molecule has 0 fully saturated rings. The van der Waals surface area contributed by atoms with E-state index in [0.717, 1.165) is 5.69 Å². The van der Waals surface area contributed by atoms with Crippen LogP contribution in [-0.4, -0.2) is 13.1 Å². The number of unbranched alkanes of at least 4 members (excludes halogenated alkanes) is 2. The van der Waals surface area contributed by atoms with Crippen molar-refractivity contribution in [1.82, 2.24) is 5.32 Å². The van der Waals surface area contributed by atoms with E-state index < -0.39 is 0 Å². The maximum Gasteiger partial charge on any atom is 0.0346 e. The van der Waals surface area contributed by atoms with Crippen molar-refractivity contribution < 1.29 is 0 Å². The first-order valence-electron chi connectivity index (χ1n) is 7.15. The Labute approximate surface area is 113 Å². The largest absolute Gasteiger partial charge is 0.399 e. The average molecular weight is 250 g/mol. The van der Waals surface area contributed by atoms with E-state index in [0.29, 0.717) is 0 Å². The molecule has 3 N–H and O–H groups in total. The molecular weight excluding hydrogens is 220 g/mol. The van der Waals surface area contributed by atoms with Crippen LogP contribution in [0.1, 0.15) is 50.7 Å². The summed E-state index contributed by atoms with van der Waals surface area (Å²) in [7, 11) is 0. The summed E-state index contributed by atoms with van der Waals surface area (Å²) in [5, 5.41) is 3.39. The topological polar surface area (TPSA) is 38.0 Å². The van der Waals surface area contributed by atoms with Crippen LogP contribution >= 0.6 is 0 Å². The van der Waals surface area contributed by atoms with Gasteiger partial charge in [-0.05, 0) is 57.0 Å².